The summed E-state index contributed by atoms with van der Waals surface area (Å²) in [6.45, 7) is 17.2. The molecule has 0 aromatic carbocycles. The highest BCUT2D eigenvalue weighted by atomic mass is 16.5. The first-order valence-electron chi connectivity index (χ1n) is 11.3. The maximum atomic E-state index is 5.45. The summed E-state index contributed by atoms with van der Waals surface area (Å²) in [5.74, 6) is 3.52. The molecule has 28 heavy (non-hydrogen) atoms. The summed E-state index contributed by atoms with van der Waals surface area (Å²) in [5, 5.41) is 11.0. The van der Waals surface area contributed by atoms with Gasteiger partial charge in [-0.3, -0.25) is 0 Å². The molecule has 0 aliphatic carbocycles. The number of aryl methyl sites for hydroxylation is 2. The van der Waals surface area contributed by atoms with E-state index in [4.69, 9.17) is 9.52 Å². The summed E-state index contributed by atoms with van der Waals surface area (Å²) < 4.78 is 5.45. The van der Waals surface area contributed by atoms with Gasteiger partial charge in [0.1, 0.15) is 5.76 Å². The third-order valence-electron chi connectivity index (χ3n) is 5.48. The Labute approximate surface area is 171 Å². The molecule has 2 atom stereocenters. The number of aliphatic imine (C=N–C) groups is 1. The van der Waals surface area contributed by atoms with Crippen molar-refractivity contribution in [2.45, 2.75) is 73.3 Å². The van der Waals surface area contributed by atoms with Crippen LogP contribution in [0.4, 0.5) is 0 Å². The molecule has 6 nitrogen and oxygen atoms in total. The van der Waals surface area contributed by atoms with Gasteiger partial charge in [0.15, 0.2) is 5.96 Å². The SMILES string of the molecule is CCNC(=NCc1c(CC)noc1CC)NCCCCN1CC(C)CC(C)C1. The number of likely N-dealkylation sites (tertiary alicyclic amines) is 1. The third-order valence-corrected chi connectivity index (χ3v) is 5.48. The molecule has 0 bridgehead atoms. The zero-order valence-corrected chi connectivity index (χ0v) is 18.7. The summed E-state index contributed by atoms with van der Waals surface area (Å²) in [6, 6.07) is 0. The summed E-state index contributed by atoms with van der Waals surface area (Å²) in [7, 11) is 0. The molecule has 6 heteroatoms. The van der Waals surface area contributed by atoms with E-state index < -0.39 is 0 Å². The van der Waals surface area contributed by atoms with E-state index in [1.165, 1.54) is 32.5 Å². The average Bonchev–Trinajstić information content (AvgIpc) is 3.07. The molecule has 0 saturated carbocycles. The standard InChI is InChI=1S/C22H41N5O/c1-6-20-19(21(7-2)28-26-20)14-25-22(23-8-3)24-11-9-10-12-27-15-17(4)13-18(5)16-27/h17-18H,6-16H2,1-5H3,(H2,23,24,25). The lowest BCUT2D eigenvalue weighted by Gasteiger charge is -2.34. The Balaban J connectivity index is 1.76. The zero-order valence-electron chi connectivity index (χ0n) is 18.7. The number of piperidine rings is 1. The van der Waals surface area contributed by atoms with Crippen molar-refractivity contribution in [3.05, 3.63) is 17.0 Å². The number of guanidine groups is 1. The molecular weight excluding hydrogens is 350 g/mol. The number of nitrogens with zero attached hydrogens (tertiary/aromatic N) is 3. The van der Waals surface area contributed by atoms with Crippen LogP contribution in [0.25, 0.3) is 0 Å². The van der Waals surface area contributed by atoms with E-state index >= 15 is 0 Å². The normalized spacial score (nSPS) is 21.1. The molecule has 0 spiro atoms. The minimum Gasteiger partial charge on any atom is -0.361 e. The number of aromatic nitrogens is 1. The first-order valence-corrected chi connectivity index (χ1v) is 11.3. The highest BCUT2D eigenvalue weighted by Gasteiger charge is 2.21. The van der Waals surface area contributed by atoms with Crippen LogP contribution in [0.15, 0.2) is 9.52 Å². The Hall–Kier alpha value is -1.56. The smallest absolute Gasteiger partial charge is 0.191 e. The van der Waals surface area contributed by atoms with E-state index in [-0.39, 0.29) is 0 Å². The summed E-state index contributed by atoms with van der Waals surface area (Å²) >= 11 is 0. The van der Waals surface area contributed by atoms with Gasteiger partial charge < -0.3 is 20.1 Å². The number of rotatable bonds is 10. The van der Waals surface area contributed by atoms with Gasteiger partial charge >= 0.3 is 0 Å². The molecule has 1 aliphatic rings. The van der Waals surface area contributed by atoms with Crippen LogP contribution in [0, 0.1) is 11.8 Å². The van der Waals surface area contributed by atoms with Gasteiger partial charge in [-0.25, -0.2) is 4.99 Å². The Morgan fingerprint density at radius 1 is 1.11 bits per heavy atom. The largest absolute Gasteiger partial charge is 0.361 e. The van der Waals surface area contributed by atoms with Crippen LogP contribution in [0.1, 0.15) is 70.9 Å². The van der Waals surface area contributed by atoms with E-state index in [0.717, 1.165) is 67.2 Å². The van der Waals surface area contributed by atoms with Crippen LogP contribution < -0.4 is 10.6 Å². The lowest BCUT2D eigenvalue weighted by molar-refractivity contribution is 0.139. The zero-order chi connectivity index (χ0) is 20.4. The number of unbranched alkanes of at least 4 members (excludes halogenated alkanes) is 1. The van der Waals surface area contributed by atoms with Gasteiger partial charge in [-0.05, 0) is 51.0 Å². The quantitative estimate of drug-likeness (QED) is 0.362. The molecule has 2 unspecified atom stereocenters. The van der Waals surface area contributed by atoms with Crippen LogP contribution in [0.3, 0.4) is 0 Å². The molecule has 1 aliphatic heterocycles. The van der Waals surface area contributed by atoms with Crippen LogP contribution in [0.5, 0.6) is 0 Å². The molecule has 0 radical (unpaired) electrons. The number of nitrogens with one attached hydrogen (secondary N) is 2. The van der Waals surface area contributed by atoms with Crippen molar-refractivity contribution >= 4 is 5.96 Å². The van der Waals surface area contributed by atoms with Gasteiger partial charge in [0.05, 0.1) is 12.2 Å². The fourth-order valence-electron chi connectivity index (χ4n) is 4.26. The van der Waals surface area contributed by atoms with Crippen molar-refractivity contribution in [2.24, 2.45) is 16.8 Å². The summed E-state index contributed by atoms with van der Waals surface area (Å²) in [4.78, 5) is 7.41. The summed E-state index contributed by atoms with van der Waals surface area (Å²) in [6.07, 6.45) is 5.52. The minimum atomic E-state index is 0.620. The molecule has 1 fully saturated rings. The Kier molecular flexibility index (Phi) is 9.82. The Bertz CT molecular complexity index is 566. The van der Waals surface area contributed by atoms with Crippen LogP contribution in [-0.4, -0.2) is 48.7 Å². The first kappa shape index (κ1) is 22.7. The first-order chi connectivity index (χ1) is 13.6. The highest BCUT2D eigenvalue weighted by Crippen LogP contribution is 2.21. The second-order valence-corrected chi connectivity index (χ2v) is 8.27. The Morgan fingerprint density at radius 3 is 2.50 bits per heavy atom. The molecule has 160 valence electrons. The van der Waals surface area contributed by atoms with Gasteiger partial charge in [0.25, 0.3) is 0 Å². The van der Waals surface area contributed by atoms with Gasteiger partial charge in [0.2, 0.25) is 0 Å². The maximum Gasteiger partial charge on any atom is 0.191 e. The molecule has 1 saturated heterocycles. The highest BCUT2D eigenvalue weighted by molar-refractivity contribution is 5.79. The monoisotopic (exact) mass is 391 g/mol. The van der Waals surface area contributed by atoms with Crippen molar-refractivity contribution in [1.29, 1.82) is 0 Å². The minimum absolute atomic E-state index is 0.620. The van der Waals surface area contributed by atoms with Gasteiger partial charge in [-0.1, -0.05) is 32.9 Å². The van der Waals surface area contributed by atoms with Crippen LogP contribution >= 0.6 is 0 Å². The molecule has 2 rings (SSSR count). The van der Waals surface area contributed by atoms with Crippen LogP contribution in [0.2, 0.25) is 0 Å². The van der Waals surface area contributed by atoms with E-state index in [0.29, 0.717) is 6.54 Å². The fraction of sp³-hybridized carbons (Fsp3) is 0.818. The van der Waals surface area contributed by atoms with Crippen molar-refractivity contribution in [3.8, 4) is 0 Å². The van der Waals surface area contributed by atoms with E-state index in [1.54, 1.807) is 0 Å². The molecular formula is C22H41N5O. The molecule has 1 aromatic heterocycles. The lowest BCUT2D eigenvalue weighted by atomic mass is 9.92. The van der Waals surface area contributed by atoms with Crippen molar-refractivity contribution in [1.82, 2.24) is 20.7 Å². The van der Waals surface area contributed by atoms with E-state index in [9.17, 15) is 0 Å². The number of hydrogen-bond donors (Lipinski definition) is 2. The number of hydrogen-bond acceptors (Lipinski definition) is 4. The fourth-order valence-corrected chi connectivity index (χ4v) is 4.26. The third kappa shape index (κ3) is 7.12. The van der Waals surface area contributed by atoms with Crippen molar-refractivity contribution < 1.29 is 4.52 Å². The van der Waals surface area contributed by atoms with Crippen molar-refractivity contribution in [3.63, 3.8) is 0 Å². The van der Waals surface area contributed by atoms with Gasteiger partial charge in [-0.15, -0.1) is 0 Å². The van der Waals surface area contributed by atoms with Crippen molar-refractivity contribution in [2.75, 3.05) is 32.7 Å². The van der Waals surface area contributed by atoms with Gasteiger partial charge in [-0.2, -0.15) is 0 Å². The second kappa shape index (κ2) is 12.1. The van der Waals surface area contributed by atoms with E-state index in [2.05, 4.69) is 55.3 Å². The van der Waals surface area contributed by atoms with E-state index in [1.807, 2.05) is 0 Å². The van der Waals surface area contributed by atoms with Gasteiger partial charge in [0, 0.05) is 38.2 Å². The predicted octanol–water partition coefficient (Wildman–Crippen LogP) is 3.61. The van der Waals surface area contributed by atoms with Crippen LogP contribution in [-0.2, 0) is 19.4 Å². The molecule has 2 heterocycles. The molecule has 2 N–H and O–H groups in total. The maximum absolute atomic E-state index is 5.45. The molecule has 1 aromatic rings. The second-order valence-electron chi connectivity index (χ2n) is 8.27. The lowest BCUT2D eigenvalue weighted by Crippen LogP contribution is -2.40. The Morgan fingerprint density at radius 2 is 1.86 bits per heavy atom. The predicted molar refractivity (Wildman–Crippen MR) is 117 cm³/mol. The average molecular weight is 392 g/mol. The molecule has 0 amide bonds. The topological polar surface area (TPSA) is 65.7 Å². The summed E-state index contributed by atoms with van der Waals surface area (Å²) in [5.41, 5.74) is 2.18.